The monoisotopic (exact) mass is 489 g/mol. The molecule has 1 aromatic carbocycles. The highest BCUT2D eigenvalue weighted by molar-refractivity contribution is 14.2. The first kappa shape index (κ1) is 19.9. The Bertz CT molecular complexity index is 868. The summed E-state index contributed by atoms with van der Waals surface area (Å²) < 4.78 is 19.0. The molecule has 0 bridgehead atoms. The van der Waals surface area contributed by atoms with E-state index in [0.29, 0.717) is 27.3 Å². The molecular formula is C18H14ClFINO2S. The third-order valence-corrected chi connectivity index (χ3v) is 4.93. The zero-order valence-corrected chi connectivity index (χ0v) is 17.1. The van der Waals surface area contributed by atoms with Gasteiger partial charge in [-0.2, -0.15) is 0 Å². The highest BCUT2D eigenvalue weighted by atomic mass is 127. The summed E-state index contributed by atoms with van der Waals surface area (Å²) in [6.07, 6.45) is 3.16. The lowest BCUT2D eigenvalue weighted by atomic mass is 9.87. The van der Waals surface area contributed by atoms with Crippen LogP contribution >= 0.6 is 41.7 Å². The number of carbonyl (C=O) groups is 1. The van der Waals surface area contributed by atoms with Gasteiger partial charge in [-0.25, -0.2) is 4.39 Å². The van der Waals surface area contributed by atoms with Crippen molar-refractivity contribution in [3.05, 3.63) is 63.6 Å². The van der Waals surface area contributed by atoms with Crippen molar-refractivity contribution in [2.45, 2.75) is 6.92 Å². The second-order valence-corrected chi connectivity index (χ2v) is 7.21. The predicted octanol–water partition coefficient (Wildman–Crippen LogP) is 4.70. The van der Waals surface area contributed by atoms with Crippen LogP contribution in [-0.2, 0) is 9.53 Å². The first-order valence-electron chi connectivity index (χ1n) is 7.12. The zero-order valence-electron chi connectivity index (χ0n) is 13.4. The van der Waals surface area contributed by atoms with E-state index in [1.165, 1.54) is 22.1 Å². The van der Waals surface area contributed by atoms with Crippen molar-refractivity contribution < 1.29 is 13.9 Å². The summed E-state index contributed by atoms with van der Waals surface area (Å²) in [5.41, 5.74) is 8.30. The summed E-state index contributed by atoms with van der Waals surface area (Å²) in [6.45, 7) is 1.63. The lowest BCUT2D eigenvalue weighted by Crippen LogP contribution is -2.20. The van der Waals surface area contributed by atoms with Gasteiger partial charge in [0.1, 0.15) is 11.7 Å². The molecule has 0 radical (unpaired) electrons. The van der Waals surface area contributed by atoms with Crippen molar-refractivity contribution in [3.63, 3.8) is 0 Å². The van der Waals surface area contributed by atoms with Crippen LogP contribution in [-0.4, -0.2) is 13.1 Å². The second kappa shape index (κ2) is 8.79. The third-order valence-electron chi connectivity index (χ3n) is 3.77. The van der Waals surface area contributed by atoms with Gasteiger partial charge in [-0.05, 0) is 44.4 Å². The average Bonchev–Trinajstić information content (AvgIpc) is 2.72. The maximum Gasteiger partial charge on any atom is 0.317 e. The summed E-state index contributed by atoms with van der Waals surface area (Å²) in [4.78, 5) is 12.3. The van der Waals surface area contributed by atoms with Crippen molar-refractivity contribution in [2.24, 2.45) is 11.7 Å². The summed E-state index contributed by atoms with van der Waals surface area (Å²) in [5, 5.41) is 3.15. The van der Waals surface area contributed by atoms with Gasteiger partial charge >= 0.3 is 5.97 Å². The molecule has 1 aliphatic rings. The quantitative estimate of drug-likeness (QED) is 0.372. The predicted molar refractivity (Wildman–Crippen MR) is 109 cm³/mol. The number of halogens is 3. The smallest absolute Gasteiger partial charge is 0.317 e. The molecule has 0 saturated heterocycles. The van der Waals surface area contributed by atoms with Crippen molar-refractivity contribution in [3.8, 4) is 11.2 Å². The number of allylic oxidation sites excluding steroid dienone is 3. The largest absolute Gasteiger partial charge is 0.468 e. The molecule has 3 nitrogen and oxygen atoms in total. The Balaban J connectivity index is 2.82. The fourth-order valence-electron chi connectivity index (χ4n) is 2.52. The fraction of sp³-hybridized carbons (Fsp3) is 0.167. The lowest BCUT2D eigenvalue weighted by molar-refractivity contribution is -0.141. The molecule has 1 aliphatic carbocycles. The Morgan fingerprint density at radius 2 is 2.20 bits per heavy atom. The number of rotatable bonds is 2. The van der Waals surface area contributed by atoms with E-state index >= 15 is 0 Å². The Labute approximate surface area is 167 Å². The molecule has 25 heavy (non-hydrogen) atoms. The van der Waals surface area contributed by atoms with Gasteiger partial charge in [0.25, 0.3) is 0 Å². The lowest BCUT2D eigenvalue weighted by Gasteiger charge is -2.19. The molecule has 130 valence electrons. The van der Waals surface area contributed by atoms with Crippen LogP contribution in [0.2, 0.25) is 0 Å². The Hall–Kier alpha value is -1.43. The molecule has 1 aromatic rings. The van der Waals surface area contributed by atoms with E-state index in [1.807, 2.05) is 21.2 Å². The number of carbonyl (C=O) groups excluding carboxylic acids is 1. The van der Waals surface area contributed by atoms with Crippen LogP contribution in [0.4, 0.5) is 4.39 Å². The Kier molecular flexibility index (Phi) is 6.99. The van der Waals surface area contributed by atoms with E-state index in [2.05, 4.69) is 11.2 Å². The summed E-state index contributed by atoms with van der Waals surface area (Å²) >= 11 is 8.33. The topological polar surface area (TPSA) is 52.3 Å². The third kappa shape index (κ3) is 4.22. The maximum atomic E-state index is 14.1. The van der Waals surface area contributed by atoms with Gasteiger partial charge in [0.2, 0.25) is 0 Å². The molecule has 0 aromatic heterocycles. The molecule has 0 aliphatic heterocycles. The van der Waals surface area contributed by atoms with Crippen LogP contribution in [0.1, 0.15) is 11.1 Å². The highest BCUT2D eigenvalue weighted by Gasteiger charge is 2.29. The Morgan fingerprint density at radius 3 is 2.84 bits per heavy atom. The molecule has 1 atom stereocenters. The second-order valence-electron chi connectivity index (χ2n) is 5.13. The minimum atomic E-state index is -0.814. The molecule has 0 saturated carbocycles. The first-order chi connectivity index (χ1) is 11.9. The zero-order chi connectivity index (χ0) is 18.6. The SMILES string of the molecule is COC(=O)C1C=CC(Cl)=C(C#CSI)C(N)=C1c1cccc(F)c1C. The van der Waals surface area contributed by atoms with E-state index in [-0.39, 0.29) is 11.5 Å². The fourth-order valence-corrected chi connectivity index (χ4v) is 3.22. The minimum Gasteiger partial charge on any atom is -0.468 e. The number of ether oxygens (including phenoxy) is 1. The molecule has 0 fully saturated rings. The van der Waals surface area contributed by atoms with E-state index in [9.17, 15) is 9.18 Å². The van der Waals surface area contributed by atoms with Gasteiger partial charge < -0.3 is 10.5 Å². The summed E-state index contributed by atoms with van der Waals surface area (Å²) in [5.74, 6) is 1.18. The van der Waals surface area contributed by atoms with Crippen LogP contribution in [0.3, 0.4) is 0 Å². The molecule has 2 N–H and O–H groups in total. The van der Waals surface area contributed by atoms with E-state index < -0.39 is 11.9 Å². The summed E-state index contributed by atoms with van der Waals surface area (Å²) in [7, 11) is 2.57. The van der Waals surface area contributed by atoms with Crippen LogP contribution in [0, 0.1) is 29.8 Å². The molecule has 0 amide bonds. The van der Waals surface area contributed by atoms with Gasteiger partial charge in [0.15, 0.2) is 0 Å². The van der Waals surface area contributed by atoms with Crippen LogP contribution in [0.15, 0.2) is 46.7 Å². The normalized spacial score (nSPS) is 17.1. The van der Waals surface area contributed by atoms with Crippen molar-refractivity contribution in [1.82, 2.24) is 0 Å². The average molecular weight is 490 g/mol. The van der Waals surface area contributed by atoms with Gasteiger partial charge in [0.05, 0.1) is 23.4 Å². The first-order valence-corrected chi connectivity index (χ1v) is 10.9. The molecular weight excluding hydrogens is 476 g/mol. The Morgan fingerprint density at radius 1 is 1.48 bits per heavy atom. The molecule has 0 heterocycles. The number of methoxy groups -OCH3 is 1. The molecule has 7 heteroatoms. The van der Waals surface area contributed by atoms with Crippen LogP contribution in [0.25, 0.3) is 5.57 Å². The number of esters is 1. The van der Waals surface area contributed by atoms with Gasteiger partial charge in [0, 0.05) is 26.8 Å². The number of nitrogens with two attached hydrogens (primary N) is 1. The number of hydrogen-bond acceptors (Lipinski definition) is 4. The standard InChI is InChI=1S/C18H14ClFINO2S/c1-10-11(4-3-5-15(10)20)16-13(18(23)24-2)6-7-14(19)12(17(16)22)8-9-25-21/h3-7,13H,22H2,1-2H3. The highest BCUT2D eigenvalue weighted by Crippen LogP contribution is 2.36. The van der Waals surface area contributed by atoms with E-state index in [4.69, 9.17) is 22.1 Å². The van der Waals surface area contributed by atoms with Gasteiger partial charge in [-0.15, -0.1) is 0 Å². The van der Waals surface area contributed by atoms with Crippen molar-refractivity contribution in [2.75, 3.05) is 7.11 Å². The molecule has 0 spiro atoms. The van der Waals surface area contributed by atoms with Crippen molar-refractivity contribution >= 4 is 53.3 Å². The van der Waals surface area contributed by atoms with E-state index in [1.54, 1.807) is 31.2 Å². The number of benzene rings is 1. The maximum absolute atomic E-state index is 14.1. The van der Waals surface area contributed by atoms with Crippen LogP contribution < -0.4 is 5.73 Å². The van der Waals surface area contributed by atoms with Gasteiger partial charge in [-0.1, -0.05) is 35.7 Å². The van der Waals surface area contributed by atoms with Crippen LogP contribution in [0.5, 0.6) is 0 Å². The molecule has 1 unspecified atom stereocenters. The number of hydrogen-bond donors (Lipinski definition) is 1. The van der Waals surface area contributed by atoms with Gasteiger partial charge in [-0.3, -0.25) is 4.79 Å². The minimum absolute atomic E-state index is 0.233. The molecule has 2 rings (SSSR count). The van der Waals surface area contributed by atoms with E-state index in [0.717, 1.165) is 0 Å². The van der Waals surface area contributed by atoms with Crippen molar-refractivity contribution in [1.29, 1.82) is 0 Å². The summed E-state index contributed by atoms with van der Waals surface area (Å²) in [6, 6.07) is 4.63.